The molecule has 2 heterocycles. The number of anilines is 2. The van der Waals surface area contributed by atoms with E-state index in [1.165, 1.54) is 6.33 Å². The average Bonchev–Trinajstić information content (AvgIpc) is 2.41. The van der Waals surface area contributed by atoms with Crippen molar-refractivity contribution in [2.75, 3.05) is 28.7 Å². The molecule has 1 saturated heterocycles. The molecule has 7 heteroatoms. The number of nitrogens with one attached hydrogen (secondary N) is 2. The highest BCUT2D eigenvalue weighted by Gasteiger charge is 2.25. The molecule has 0 saturated carbocycles. The fraction of sp³-hybridized carbons (Fsp3) is 0.714. The van der Waals surface area contributed by atoms with Gasteiger partial charge in [-0.2, -0.15) is 0 Å². The van der Waals surface area contributed by atoms with Crippen molar-refractivity contribution in [1.29, 1.82) is 0 Å². The lowest BCUT2D eigenvalue weighted by molar-refractivity contribution is 0.561. The van der Waals surface area contributed by atoms with Gasteiger partial charge in [-0.05, 0) is 26.2 Å². The molecule has 0 aliphatic carbocycles. The zero-order valence-electron chi connectivity index (χ0n) is 12.7. The van der Waals surface area contributed by atoms with Crippen molar-refractivity contribution in [2.45, 2.75) is 45.6 Å². The molecule has 21 heavy (non-hydrogen) atoms. The van der Waals surface area contributed by atoms with Crippen LogP contribution < -0.4 is 10.6 Å². The molecule has 0 radical (unpaired) electrons. The average molecular weight is 312 g/mol. The van der Waals surface area contributed by atoms with Gasteiger partial charge in [-0.1, -0.05) is 13.3 Å². The highest BCUT2D eigenvalue weighted by molar-refractivity contribution is 7.91. The Labute approximate surface area is 126 Å². The number of hydrogen-bond acceptors (Lipinski definition) is 6. The first-order chi connectivity index (χ1) is 10.1. The monoisotopic (exact) mass is 312 g/mol. The summed E-state index contributed by atoms with van der Waals surface area (Å²) in [5, 5.41) is 6.56. The van der Waals surface area contributed by atoms with E-state index in [4.69, 9.17) is 0 Å². The summed E-state index contributed by atoms with van der Waals surface area (Å²) in [5.41, 5.74) is 1.05. The summed E-state index contributed by atoms with van der Waals surface area (Å²) in [7, 11) is -2.92. The van der Waals surface area contributed by atoms with Crippen molar-refractivity contribution in [3.05, 3.63) is 11.9 Å². The minimum absolute atomic E-state index is 0.0521. The Bertz CT molecular complexity index is 574. The van der Waals surface area contributed by atoms with Gasteiger partial charge in [0.2, 0.25) is 0 Å². The zero-order chi connectivity index (χ0) is 15.3. The topological polar surface area (TPSA) is 84.0 Å². The number of nitrogens with zero attached hydrogens (tertiary/aromatic N) is 2. The van der Waals surface area contributed by atoms with Crippen molar-refractivity contribution in [2.24, 2.45) is 0 Å². The molecule has 0 spiro atoms. The molecular weight excluding hydrogens is 288 g/mol. The van der Waals surface area contributed by atoms with E-state index in [2.05, 4.69) is 27.5 Å². The first-order valence-electron chi connectivity index (χ1n) is 7.60. The van der Waals surface area contributed by atoms with E-state index in [1.54, 1.807) is 0 Å². The van der Waals surface area contributed by atoms with Gasteiger partial charge >= 0.3 is 0 Å². The molecule has 0 aromatic carbocycles. The first-order valence-corrected chi connectivity index (χ1v) is 9.42. The molecule has 1 aliphatic heterocycles. The first kappa shape index (κ1) is 16.0. The van der Waals surface area contributed by atoms with E-state index < -0.39 is 9.84 Å². The number of sulfone groups is 1. The summed E-state index contributed by atoms with van der Waals surface area (Å²) in [4.78, 5) is 8.61. The molecule has 1 unspecified atom stereocenters. The van der Waals surface area contributed by atoms with Gasteiger partial charge in [-0.15, -0.1) is 0 Å². The Hall–Kier alpha value is -1.37. The molecule has 0 amide bonds. The molecule has 1 aromatic rings. The largest absolute Gasteiger partial charge is 0.370 e. The Balaban J connectivity index is 2.20. The SMILES string of the molecule is CCCc1c(NCC)ncnc1NC1CCCS(=O)(=O)C1. The Morgan fingerprint density at radius 3 is 2.71 bits per heavy atom. The summed E-state index contributed by atoms with van der Waals surface area (Å²) in [6.07, 6.45) is 4.96. The number of rotatable bonds is 6. The van der Waals surface area contributed by atoms with Crippen molar-refractivity contribution < 1.29 is 8.42 Å². The fourth-order valence-corrected chi connectivity index (χ4v) is 4.31. The van der Waals surface area contributed by atoms with Gasteiger partial charge in [-0.3, -0.25) is 0 Å². The van der Waals surface area contributed by atoms with E-state index in [-0.39, 0.29) is 11.8 Å². The molecular formula is C14H24N4O2S. The van der Waals surface area contributed by atoms with Gasteiger partial charge in [0.05, 0.1) is 11.5 Å². The van der Waals surface area contributed by atoms with Gasteiger partial charge in [0.15, 0.2) is 9.84 Å². The maximum atomic E-state index is 11.7. The molecule has 118 valence electrons. The molecule has 6 nitrogen and oxygen atoms in total. The molecule has 2 rings (SSSR count). The third-order valence-electron chi connectivity index (χ3n) is 3.59. The van der Waals surface area contributed by atoms with Crippen LogP contribution in [-0.2, 0) is 16.3 Å². The minimum Gasteiger partial charge on any atom is -0.370 e. The smallest absolute Gasteiger partial charge is 0.152 e. The van der Waals surface area contributed by atoms with Crippen LogP contribution in [-0.4, -0.2) is 42.5 Å². The lowest BCUT2D eigenvalue weighted by Crippen LogP contribution is -2.35. The van der Waals surface area contributed by atoms with E-state index in [9.17, 15) is 8.42 Å². The fourth-order valence-electron chi connectivity index (χ4n) is 2.67. The second-order valence-electron chi connectivity index (χ2n) is 5.43. The number of hydrogen-bond donors (Lipinski definition) is 2. The normalized spacial score (nSPS) is 21.0. The van der Waals surface area contributed by atoms with Crippen LogP contribution in [0.1, 0.15) is 38.7 Å². The maximum absolute atomic E-state index is 11.7. The van der Waals surface area contributed by atoms with Crippen LogP contribution in [0.15, 0.2) is 6.33 Å². The van der Waals surface area contributed by atoms with Gasteiger partial charge < -0.3 is 10.6 Å². The summed E-state index contributed by atoms with van der Waals surface area (Å²) >= 11 is 0. The third-order valence-corrected chi connectivity index (χ3v) is 5.41. The van der Waals surface area contributed by atoms with Gasteiger partial charge in [0.1, 0.15) is 18.0 Å². The van der Waals surface area contributed by atoms with Crippen LogP contribution in [0.3, 0.4) is 0 Å². The third kappa shape index (κ3) is 4.30. The lowest BCUT2D eigenvalue weighted by atomic mass is 10.1. The van der Waals surface area contributed by atoms with Gasteiger partial charge in [0.25, 0.3) is 0 Å². The molecule has 1 aliphatic rings. The van der Waals surface area contributed by atoms with E-state index in [0.717, 1.165) is 43.0 Å². The number of aromatic nitrogens is 2. The van der Waals surface area contributed by atoms with E-state index in [1.807, 2.05) is 6.92 Å². The highest BCUT2D eigenvalue weighted by atomic mass is 32.2. The summed E-state index contributed by atoms with van der Waals surface area (Å²) in [6.45, 7) is 4.93. The standard InChI is InChI=1S/C14H24N4O2S/c1-3-6-12-13(15-4-2)16-10-17-14(12)18-11-7-5-8-21(19,20)9-11/h10-11H,3-9H2,1-2H3,(H2,15,16,17,18). The van der Waals surface area contributed by atoms with Gasteiger partial charge in [0, 0.05) is 18.2 Å². The summed E-state index contributed by atoms with van der Waals surface area (Å²) < 4.78 is 23.5. The Kier molecular flexibility index (Phi) is 5.39. The highest BCUT2D eigenvalue weighted by Crippen LogP contribution is 2.24. The molecule has 1 fully saturated rings. The van der Waals surface area contributed by atoms with Gasteiger partial charge in [-0.25, -0.2) is 18.4 Å². The van der Waals surface area contributed by atoms with E-state index >= 15 is 0 Å². The van der Waals surface area contributed by atoms with E-state index in [0.29, 0.717) is 12.2 Å². The predicted molar refractivity (Wildman–Crippen MR) is 85.5 cm³/mol. The van der Waals surface area contributed by atoms with Crippen molar-refractivity contribution >= 4 is 21.5 Å². The summed E-state index contributed by atoms with van der Waals surface area (Å²) in [5.74, 6) is 2.11. The summed E-state index contributed by atoms with van der Waals surface area (Å²) in [6, 6.07) is -0.0521. The minimum atomic E-state index is -2.92. The van der Waals surface area contributed by atoms with Crippen LogP contribution in [0.5, 0.6) is 0 Å². The molecule has 2 N–H and O–H groups in total. The van der Waals surface area contributed by atoms with Crippen LogP contribution in [0, 0.1) is 0 Å². The molecule has 1 atom stereocenters. The Morgan fingerprint density at radius 1 is 1.29 bits per heavy atom. The molecule has 1 aromatic heterocycles. The quantitative estimate of drug-likeness (QED) is 0.834. The maximum Gasteiger partial charge on any atom is 0.152 e. The van der Waals surface area contributed by atoms with Crippen molar-refractivity contribution in [3.63, 3.8) is 0 Å². The lowest BCUT2D eigenvalue weighted by Gasteiger charge is -2.25. The zero-order valence-corrected chi connectivity index (χ0v) is 13.5. The molecule has 0 bridgehead atoms. The predicted octanol–water partition coefficient (Wildman–Crippen LogP) is 1.85. The Morgan fingerprint density at radius 2 is 2.05 bits per heavy atom. The van der Waals surface area contributed by atoms with Crippen LogP contribution in [0.4, 0.5) is 11.6 Å². The van der Waals surface area contributed by atoms with Crippen LogP contribution in [0.25, 0.3) is 0 Å². The second-order valence-corrected chi connectivity index (χ2v) is 7.66. The van der Waals surface area contributed by atoms with Crippen molar-refractivity contribution in [1.82, 2.24) is 9.97 Å². The van der Waals surface area contributed by atoms with Crippen molar-refractivity contribution in [3.8, 4) is 0 Å². The van der Waals surface area contributed by atoms with Crippen LogP contribution >= 0.6 is 0 Å². The van der Waals surface area contributed by atoms with Crippen LogP contribution in [0.2, 0.25) is 0 Å². The second kappa shape index (κ2) is 7.06.